The summed E-state index contributed by atoms with van der Waals surface area (Å²) in [7, 11) is 3.92. The van der Waals surface area contributed by atoms with Gasteiger partial charge in [0.15, 0.2) is 0 Å². The maximum atomic E-state index is 13.0. The molecule has 1 aromatic carbocycles. The monoisotopic (exact) mass is 423 g/mol. The minimum atomic E-state index is -0.674. The molecule has 0 saturated carbocycles. The number of rotatable bonds is 8. The van der Waals surface area contributed by atoms with E-state index in [4.69, 9.17) is 4.74 Å². The third-order valence-electron chi connectivity index (χ3n) is 5.07. The van der Waals surface area contributed by atoms with Crippen LogP contribution in [0.1, 0.15) is 37.4 Å². The standard InChI is InChI=1S/C24H29N3O4/c1-16(2)31-19-8-6-18(7-9-19)22(28)20-21(17-10-12-25-13-11-17)27(24(30)23(20)29)15-5-14-26(3)4/h6-13,16,21,28H,5,14-15H2,1-4H3/t21-/m1/s1. The molecule has 164 valence electrons. The Hall–Kier alpha value is -3.19. The summed E-state index contributed by atoms with van der Waals surface area (Å²) < 4.78 is 5.65. The predicted octanol–water partition coefficient (Wildman–Crippen LogP) is 3.24. The third-order valence-corrected chi connectivity index (χ3v) is 5.07. The van der Waals surface area contributed by atoms with Gasteiger partial charge in [-0.05, 0) is 82.9 Å². The number of amides is 1. The van der Waals surface area contributed by atoms with Gasteiger partial charge in [-0.15, -0.1) is 0 Å². The normalized spacial score (nSPS) is 18.3. The van der Waals surface area contributed by atoms with E-state index in [0.29, 0.717) is 24.3 Å². The van der Waals surface area contributed by atoms with Crippen molar-refractivity contribution in [2.75, 3.05) is 27.2 Å². The molecule has 0 spiro atoms. The van der Waals surface area contributed by atoms with E-state index in [0.717, 1.165) is 12.1 Å². The highest BCUT2D eigenvalue weighted by molar-refractivity contribution is 6.46. The van der Waals surface area contributed by atoms with Crippen molar-refractivity contribution in [3.05, 3.63) is 65.5 Å². The summed E-state index contributed by atoms with van der Waals surface area (Å²) in [5.41, 5.74) is 1.29. The number of benzene rings is 1. The van der Waals surface area contributed by atoms with Crippen LogP contribution in [0.25, 0.3) is 5.76 Å². The molecule has 0 radical (unpaired) electrons. The van der Waals surface area contributed by atoms with Gasteiger partial charge in [0.05, 0.1) is 17.7 Å². The maximum absolute atomic E-state index is 13.0. The molecule has 1 N–H and O–H groups in total. The summed E-state index contributed by atoms with van der Waals surface area (Å²) in [6, 6.07) is 9.74. The first-order chi connectivity index (χ1) is 14.8. The van der Waals surface area contributed by atoms with Crippen molar-refractivity contribution in [2.24, 2.45) is 0 Å². The fraction of sp³-hybridized carbons (Fsp3) is 0.375. The zero-order valence-corrected chi connectivity index (χ0v) is 18.4. The van der Waals surface area contributed by atoms with Crippen LogP contribution in [0.5, 0.6) is 5.75 Å². The maximum Gasteiger partial charge on any atom is 0.295 e. The highest BCUT2D eigenvalue weighted by Gasteiger charge is 2.45. The van der Waals surface area contributed by atoms with E-state index in [1.807, 2.05) is 32.8 Å². The first-order valence-corrected chi connectivity index (χ1v) is 10.4. The number of carbonyl (C=O) groups is 2. The van der Waals surface area contributed by atoms with Gasteiger partial charge in [-0.2, -0.15) is 0 Å². The Kier molecular flexibility index (Phi) is 7.07. The van der Waals surface area contributed by atoms with E-state index < -0.39 is 17.7 Å². The van der Waals surface area contributed by atoms with E-state index in [-0.39, 0.29) is 17.4 Å². The highest BCUT2D eigenvalue weighted by Crippen LogP contribution is 2.39. The molecule has 2 aromatic rings. The fourth-order valence-electron chi connectivity index (χ4n) is 3.68. The van der Waals surface area contributed by atoms with E-state index in [1.165, 1.54) is 0 Å². The molecule has 0 bridgehead atoms. The molecular formula is C24H29N3O4. The summed E-state index contributed by atoms with van der Waals surface area (Å²) in [6.07, 6.45) is 3.97. The van der Waals surface area contributed by atoms with Gasteiger partial charge in [-0.1, -0.05) is 0 Å². The molecule has 1 amide bonds. The van der Waals surface area contributed by atoms with Crippen LogP contribution in [0.2, 0.25) is 0 Å². The van der Waals surface area contributed by atoms with Crippen molar-refractivity contribution >= 4 is 17.4 Å². The van der Waals surface area contributed by atoms with Crippen LogP contribution < -0.4 is 4.74 Å². The number of aliphatic hydroxyl groups excluding tert-OH is 1. The number of carbonyl (C=O) groups excluding carboxylic acids is 2. The Labute approximate surface area is 183 Å². The zero-order valence-electron chi connectivity index (χ0n) is 18.4. The lowest BCUT2D eigenvalue weighted by atomic mass is 9.96. The Morgan fingerprint density at radius 3 is 2.35 bits per heavy atom. The molecule has 31 heavy (non-hydrogen) atoms. The Balaban J connectivity index is 2.01. The second-order valence-corrected chi connectivity index (χ2v) is 8.12. The van der Waals surface area contributed by atoms with Crippen LogP contribution in [-0.2, 0) is 9.59 Å². The van der Waals surface area contributed by atoms with Crippen LogP contribution in [0, 0.1) is 0 Å². The van der Waals surface area contributed by atoms with E-state index in [2.05, 4.69) is 4.98 Å². The molecule has 1 fully saturated rings. The zero-order chi connectivity index (χ0) is 22.5. The van der Waals surface area contributed by atoms with Crippen molar-refractivity contribution in [1.29, 1.82) is 0 Å². The molecule has 7 heteroatoms. The molecule has 2 heterocycles. The number of pyridine rings is 1. The van der Waals surface area contributed by atoms with Crippen LogP contribution in [0.4, 0.5) is 0 Å². The summed E-state index contributed by atoms with van der Waals surface area (Å²) in [5.74, 6) is -0.790. The van der Waals surface area contributed by atoms with Gasteiger partial charge in [-0.25, -0.2) is 0 Å². The van der Waals surface area contributed by atoms with Crippen LogP contribution in [-0.4, -0.2) is 64.9 Å². The van der Waals surface area contributed by atoms with Gasteiger partial charge >= 0.3 is 0 Å². The molecule has 1 aliphatic heterocycles. The van der Waals surface area contributed by atoms with Crippen LogP contribution >= 0.6 is 0 Å². The molecule has 1 saturated heterocycles. The Morgan fingerprint density at radius 2 is 1.77 bits per heavy atom. The number of hydrogen-bond acceptors (Lipinski definition) is 6. The van der Waals surface area contributed by atoms with Crippen molar-refractivity contribution < 1.29 is 19.4 Å². The lowest BCUT2D eigenvalue weighted by Gasteiger charge is -2.25. The quantitative estimate of drug-likeness (QED) is 0.399. The Morgan fingerprint density at radius 1 is 1.13 bits per heavy atom. The van der Waals surface area contributed by atoms with Crippen molar-refractivity contribution in [3.63, 3.8) is 0 Å². The minimum absolute atomic E-state index is 0.0265. The van der Waals surface area contributed by atoms with Gasteiger partial charge in [0, 0.05) is 24.5 Å². The third kappa shape index (κ3) is 5.11. The molecule has 1 atom stereocenters. The number of nitrogens with zero attached hydrogens (tertiary/aromatic N) is 3. The topological polar surface area (TPSA) is 83.0 Å². The summed E-state index contributed by atoms with van der Waals surface area (Å²) in [6.45, 7) is 5.05. The molecule has 0 aliphatic carbocycles. The van der Waals surface area contributed by atoms with Gasteiger partial charge in [0.1, 0.15) is 11.5 Å². The van der Waals surface area contributed by atoms with Gasteiger partial charge in [0.2, 0.25) is 0 Å². The summed E-state index contributed by atoms with van der Waals surface area (Å²) in [5, 5.41) is 11.1. The second-order valence-electron chi connectivity index (χ2n) is 8.12. The average molecular weight is 424 g/mol. The van der Waals surface area contributed by atoms with Crippen LogP contribution in [0.3, 0.4) is 0 Å². The van der Waals surface area contributed by atoms with E-state index in [1.54, 1.807) is 53.7 Å². The van der Waals surface area contributed by atoms with E-state index >= 15 is 0 Å². The van der Waals surface area contributed by atoms with Gasteiger partial charge < -0.3 is 19.6 Å². The largest absolute Gasteiger partial charge is 0.507 e. The van der Waals surface area contributed by atoms with E-state index in [9.17, 15) is 14.7 Å². The number of aliphatic hydroxyl groups is 1. The smallest absolute Gasteiger partial charge is 0.295 e. The number of hydrogen-bond donors (Lipinski definition) is 1. The number of likely N-dealkylation sites (tertiary alicyclic amines) is 1. The highest BCUT2D eigenvalue weighted by atomic mass is 16.5. The first-order valence-electron chi connectivity index (χ1n) is 10.4. The number of ether oxygens (including phenoxy) is 1. The Bertz CT molecular complexity index is 953. The van der Waals surface area contributed by atoms with Gasteiger partial charge in [0.25, 0.3) is 11.7 Å². The van der Waals surface area contributed by atoms with Crippen molar-refractivity contribution in [2.45, 2.75) is 32.4 Å². The average Bonchev–Trinajstić information content (AvgIpc) is 2.99. The summed E-state index contributed by atoms with van der Waals surface area (Å²) >= 11 is 0. The lowest BCUT2D eigenvalue weighted by molar-refractivity contribution is -0.139. The lowest BCUT2D eigenvalue weighted by Crippen LogP contribution is -2.32. The summed E-state index contributed by atoms with van der Waals surface area (Å²) in [4.78, 5) is 33.4. The number of aromatic nitrogens is 1. The molecule has 3 rings (SSSR count). The number of ketones is 1. The minimum Gasteiger partial charge on any atom is -0.507 e. The second kappa shape index (κ2) is 9.75. The fourth-order valence-corrected chi connectivity index (χ4v) is 3.68. The molecule has 1 aliphatic rings. The first kappa shape index (κ1) is 22.5. The van der Waals surface area contributed by atoms with Crippen molar-refractivity contribution in [1.82, 2.24) is 14.8 Å². The van der Waals surface area contributed by atoms with Gasteiger partial charge in [-0.3, -0.25) is 14.6 Å². The SMILES string of the molecule is CC(C)Oc1ccc(C(O)=C2C(=O)C(=O)N(CCCN(C)C)[C@@H]2c2ccncc2)cc1. The molecular weight excluding hydrogens is 394 g/mol. The predicted molar refractivity (Wildman–Crippen MR) is 119 cm³/mol. The van der Waals surface area contributed by atoms with Crippen molar-refractivity contribution in [3.8, 4) is 5.75 Å². The molecule has 0 unspecified atom stereocenters. The molecule has 1 aromatic heterocycles. The number of Topliss-reactive ketones (excluding diaryl/α,β-unsaturated/α-hetero) is 1. The van der Waals surface area contributed by atoms with Crippen LogP contribution in [0.15, 0.2) is 54.4 Å². The molecule has 7 nitrogen and oxygen atoms in total.